The minimum absolute atomic E-state index is 0.551. The number of hydrogen-bond acceptors (Lipinski definition) is 5. The first-order valence-corrected chi connectivity index (χ1v) is 9.19. The molecule has 0 radical (unpaired) electrons. The number of amidine groups is 1. The molecule has 4 heterocycles. The van der Waals surface area contributed by atoms with Crippen molar-refractivity contribution in [3.05, 3.63) is 36.3 Å². The van der Waals surface area contributed by atoms with Gasteiger partial charge in [0.2, 0.25) is 0 Å². The quantitative estimate of drug-likeness (QED) is 0.567. The number of pyridine rings is 1. The molecular formula is C19H25N7. The summed E-state index contributed by atoms with van der Waals surface area (Å²) in [6.07, 6.45) is 7.83. The number of nitrogens with zero attached hydrogens (tertiary/aromatic N) is 4. The molecule has 2 saturated heterocycles. The molecule has 7 heteroatoms. The van der Waals surface area contributed by atoms with Crippen LogP contribution in [0.1, 0.15) is 18.7 Å². The number of nitrogens with one attached hydrogen (secondary N) is 3. The summed E-state index contributed by atoms with van der Waals surface area (Å²) >= 11 is 0. The Balaban J connectivity index is 1.43. The minimum atomic E-state index is 0.551. The van der Waals surface area contributed by atoms with Crippen LogP contribution in [-0.4, -0.2) is 65.0 Å². The lowest BCUT2D eigenvalue weighted by atomic mass is 10.1. The van der Waals surface area contributed by atoms with Crippen molar-refractivity contribution in [1.29, 1.82) is 5.41 Å². The van der Waals surface area contributed by atoms with Crippen LogP contribution in [0.2, 0.25) is 0 Å². The first-order valence-electron chi connectivity index (χ1n) is 9.19. The smallest absolute Gasteiger partial charge is 0.130 e. The average molecular weight is 351 g/mol. The lowest BCUT2D eigenvalue weighted by Gasteiger charge is -2.40. The van der Waals surface area contributed by atoms with Crippen LogP contribution in [0.4, 0.5) is 5.82 Å². The third-order valence-electron chi connectivity index (χ3n) is 5.07. The van der Waals surface area contributed by atoms with Crippen LogP contribution in [0.3, 0.4) is 0 Å². The lowest BCUT2D eigenvalue weighted by Crippen LogP contribution is -2.57. The van der Waals surface area contributed by atoms with Gasteiger partial charge in [0.1, 0.15) is 17.5 Å². The molecule has 3 N–H and O–H groups in total. The molecular weight excluding hydrogens is 326 g/mol. The lowest BCUT2D eigenvalue weighted by molar-refractivity contribution is 0.447. The number of anilines is 1. The SMILES string of the molecule is CNC1CN(c2cccc(-c3cnc(/C=C\C(=N)N4CCCC4)[nH]3)n2)C1. The van der Waals surface area contributed by atoms with Crippen molar-refractivity contribution in [2.24, 2.45) is 0 Å². The number of hydrogen-bond donors (Lipinski definition) is 3. The zero-order chi connectivity index (χ0) is 17.9. The molecule has 0 saturated carbocycles. The maximum atomic E-state index is 8.12. The van der Waals surface area contributed by atoms with E-state index in [0.717, 1.165) is 49.2 Å². The minimum Gasteiger partial charge on any atom is -0.357 e. The molecule has 2 aromatic heterocycles. The number of likely N-dealkylation sites (tertiary alicyclic amines) is 1. The van der Waals surface area contributed by atoms with Crippen molar-refractivity contribution in [1.82, 2.24) is 25.2 Å². The molecule has 0 aliphatic carbocycles. The molecule has 2 aromatic rings. The van der Waals surface area contributed by atoms with Crippen LogP contribution in [-0.2, 0) is 0 Å². The van der Waals surface area contributed by atoms with Gasteiger partial charge in [-0.05, 0) is 44.2 Å². The third-order valence-corrected chi connectivity index (χ3v) is 5.07. The Hall–Kier alpha value is -2.67. The molecule has 0 unspecified atom stereocenters. The monoisotopic (exact) mass is 351 g/mol. The molecule has 2 fully saturated rings. The Morgan fingerprint density at radius 1 is 1.31 bits per heavy atom. The van der Waals surface area contributed by atoms with E-state index < -0.39 is 0 Å². The van der Waals surface area contributed by atoms with Crippen molar-refractivity contribution in [2.45, 2.75) is 18.9 Å². The van der Waals surface area contributed by atoms with Crippen molar-refractivity contribution < 1.29 is 0 Å². The van der Waals surface area contributed by atoms with E-state index in [0.29, 0.717) is 11.9 Å². The molecule has 0 amide bonds. The zero-order valence-corrected chi connectivity index (χ0v) is 15.1. The summed E-state index contributed by atoms with van der Waals surface area (Å²) < 4.78 is 0. The van der Waals surface area contributed by atoms with Crippen LogP contribution in [0.5, 0.6) is 0 Å². The van der Waals surface area contributed by atoms with Crippen molar-refractivity contribution in [3.8, 4) is 11.4 Å². The highest BCUT2D eigenvalue weighted by molar-refractivity contribution is 5.93. The molecule has 0 aromatic carbocycles. The number of aromatic amines is 1. The van der Waals surface area contributed by atoms with Crippen LogP contribution < -0.4 is 10.2 Å². The topological polar surface area (TPSA) is 83.9 Å². The summed E-state index contributed by atoms with van der Waals surface area (Å²) in [6, 6.07) is 6.62. The second-order valence-electron chi connectivity index (χ2n) is 6.87. The van der Waals surface area contributed by atoms with Gasteiger partial charge in [-0.1, -0.05) is 6.07 Å². The molecule has 136 valence electrons. The van der Waals surface area contributed by atoms with Crippen LogP contribution in [0.25, 0.3) is 17.5 Å². The Bertz CT molecular complexity index is 798. The van der Waals surface area contributed by atoms with Gasteiger partial charge in [0, 0.05) is 32.2 Å². The van der Waals surface area contributed by atoms with E-state index in [4.69, 9.17) is 10.4 Å². The number of imidazole rings is 1. The first-order chi connectivity index (χ1) is 12.7. The predicted molar refractivity (Wildman–Crippen MR) is 104 cm³/mol. The van der Waals surface area contributed by atoms with E-state index in [-0.39, 0.29) is 0 Å². The van der Waals surface area contributed by atoms with E-state index in [1.54, 1.807) is 6.20 Å². The number of H-pyrrole nitrogens is 1. The van der Waals surface area contributed by atoms with Crippen LogP contribution >= 0.6 is 0 Å². The second-order valence-corrected chi connectivity index (χ2v) is 6.87. The second kappa shape index (κ2) is 7.29. The van der Waals surface area contributed by atoms with Gasteiger partial charge in [0.15, 0.2) is 0 Å². The molecule has 0 atom stereocenters. The fraction of sp³-hybridized carbons (Fsp3) is 0.421. The van der Waals surface area contributed by atoms with Gasteiger partial charge in [-0.2, -0.15) is 0 Å². The zero-order valence-electron chi connectivity index (χ0n) is 15.1. The van der Waals surface area contributed by atoms with Gasteiger partial charge in [-0.3, -0.25) is 5.41 Å². The molecule has 4 rings (SSSR count). The van der Waals surface area contributed by atoms with Crippen LogP contribution in [0, 0.1) is 5.41 Å². The molecule has 2 aliphatic heterocycles. The molecule has 2 aliphatic rings. The summed E-state index contributed by atoms with van der Waals surface area (Å²) in [5, 5.41) is 11.4. The van der Waals surface area contributed by atoms with E-state index in [1.165, 1.54) is 12.8 Å². The first kappa shape index (κ1) is 16.8. The number of aromatic nitrogens is 3. The molecule has 7 nitrogen and oxygen atoms in total. The third kappa shape index (κ3) is 3.48. The maximum absolute atomic E-state index is 8.12. The van der Waals surface area contributed by atoms with Gasteiger partial charge in [0.25, 0.3) is 0 Å². The highest BCUT2D eigenvalue weighted by Gasteiger charge is 2.26. The summed E-state index contributed by atoms with van der Waals surface area (Å²) in [4.78, 5) is 16.8. The highest BCUT2D eigenvalue weighted by atomic mass is 15.3. The molecule has 0 spiro atoms. The normalized spacial score (nSPS) is 17.9. The van der Waals surface area contributed by atoms with E-state index in [1.807, 2.05) is 37.4 Å². The number of rotatable bonds is 5. The predicted octanol–water partition coefficient (Wildman–Crippen LogP) is 1.97. The van der Waals surface area contributed by atoms with E-state index in [2.05, 4.69) is 25.1 Å². The van der Waals surface area contributed by atoms with Crippen molar-refractivity contribution >= 4 is 17.7 Å². The number of likely N-dealkylation sites (N-methyl/N-ethyl adjacent to an activating group) is 1. The Morgan fingerprint density at radius 3 is 2.88 bits per heavy atom. The summed E-state index contributed by atoms with van der Waals surface area (Å²) in [5.41, 5.74) is 1.78. The fourth-order valence-electron chi connectivity index (χ4n) is 3.37. The van der Waals surface area contributed by atoms with Gasteiger partial charge >= 0.3 is 0 Å². The fourth-order valence-corrected chi connectivity index (χ4v) is 3.37. The summed E-state index contributed by atoms with van der Waals surface area (Å²) in [6.45, 7) is 3.94. The molecule has 26 heavy (non-hydrogen) atoms. The van der Waals surface area contributed by atoms with Gasteiger partial charge < -0.3 is 20.1 Å². The van der Waals surface area contributed by atoms with E-state index >= 15 is 0 Å². The Kier molecular flexibility index (Phi) is 4.71. The van der Waals surface area contributed by atoms with E-state index in [9.17, 15) is 0 Å². The van der Waals surface area contributed by atoms with Gasteiger partial charge in [-0.25, -0.2) is 9.97 Å². The maximum Gasteiger partial charge on any atom is 0.130 e. The largest absolute Gasteiger partial charge is 0.357 e. The highest BCUT2D eigenvalue weighted by Crippen LogP contribution is 2.22. The van der Waals surface area contributed by atoms with Crippen molar-refractivity contribution in [3.63, 3.8) is 0 Å². The van der Waals surface area contributed by atoms with Crippen LogP contribution in [0.15, 0.2) is 30.5 Å². The van der Waals surface area contributed by atoms with Gasteiger partial charge in [-0.15, -0.1) is 0 Å². The Morgan fingerprint density at radius 2 is 2.12 bits per heavy atom. The van der Waals surface area contributed by atoms with Gasteiger partial charge in [0.05, 0.1) is 17.6 Å². The van der Waals surface area contributed by atoms with Crippen molar-refractivity contribution in [2.75, 3.05) is 38.1 Å². The standard InChI is InChI=1S/C19H25N7/c1-21-14-12-26(13-14)19-6-4-5-15(24-19)16-11-22-18(23-16)8-7-17(20)25-9-2-3-10-25/h4-8,11,14,20-21H,2-3,9-10,12-13H2,1H3,(H,22,23)/b8-7-,20-17?. The summed E-state index contributed by atoms with van der Waals surface area (Å²) in [7, 11) is 1.99. The average Bonchev–Trinajstić information content (AvgIpc) is 3.31. The molecule has 0 bridgehead atoms. The summed E-state index contributed by atoms with van der Waals surface area (Å²) in [5.74, 6) is 2.30. The Labute approximate surface area is 153 Å².